The van der Waals surface area contributed by atoms with Gasteiger partial charge in [0.15, 0.2) is 0 Å². The van der Waals surface area contributed by atoms with Gasteiger partial charge in [-0.25, -0.2) is 0 Å². The minimum Gasteiger partial charge on any atom is -0.325 e. The van der Waals surface area contributed by atoms with E-state index in [4.69, 9.17) is 0 Å². The molecule has 0 spiro atoms. The fourth-order valence-electron chi connectivity index (χ4n) is 3.41. The van der Waals surface area contributed by atoms with E-state index in [1.807, 2.05) is 45.0 Å². The topological polar surface area (TPSA) is 78.1 Å². The number of aromatic amines is 1. The molecule has 3 rings (SSSR count). The van der Waals surface area contributed by atoms with Crippen LogP contribution in [-0.2, 0) is 9.59 Å². The van der Waals surface area contributed by atoms with Crippen molar-refractivity contribution in [1.29, 1.82) is 0 Å². The average Bonchev–Trinajstić information content (AvgIpc) is 2.93. The van der Waals surface area contributed by atoms with Crippen molar-refractivity contribution in [2.75, 3.05) is 16.8 Å². The van der Waals surface area contributed by atoms with Crippen molar-refractivity contribution in [2.24, 2.45) is 0 Å². The van der Waals surface area contributed by atoms with Crippen molar-refractivity contribution in [3.63, 3.8) is 0 Å². The van der Waals surface area contributed by atoms with E-state index in [-0.39, 0.29) is 17.7 Å². The van der Waals surface area contributed by atoms with Crippen LogP contribution in [0.1, 0.15) is 49.1 Å². The molecule has 1 aromatic heterocycles. The van der Waals surface area contributed by atoms with Crippen LogP contribution in [0, 0.1) is 13.8 Å². The van der Waals surface area contributed by atoms with E-state index in [0.717, 1.165) is 42.0 Å². The van der Waals surface area contributed by atoms with Gasteiger partial charge in [-0.1, -0.05) is 6.07 Å². The van der Waals surface area contributed by atoms with E-state index in [1.165, 1.54) is 0 Å². The minimum atomic E-state index is -0.306. The SMILES string of the molecule is Cc1n[nH]c(C)c1C(C)C(=O)Nc1cccc(N2CCCCC2=O)c1. The summed E-state index contributed by atoms with van der Waals surface area (Å²) in [5, 5.41) is 10.0. The second-order valence-electron chi connectivity index (χ2n) is 6.61. The van der Waals surface area contributed by atoms with Crippen LogP contribution in [0.3, 0.4) is 0 Å². The number of nitrogens with one attached hydrogen (secondary N) is 2. The minimum absolute atomic E-state index is 0.0882. The second kappa shape index (κ2) is 7.09. The highest BCUT2D eigenvalue weighted by Crippen LogP contribution is 2.26. The summed E-state index contributed by atoms with van der Waals surface area (Å²) in [6.45, 7) is 6.42. The summed E-state index contributed by atoms with van der Waals surface area (Å²) in [5.41, 5.74) is 4.22. The third kappa shape index (κ3) is 3.57. The highest BCUT2D eigenvalue weighted by molar-refractivity contribution is 5.98. The molecule has 132 valence electrons. The molecule has 1 fully saturated rings. The number of carbonyl (C=O) groups is 2. The average molecular weight is 340 g/mol. The van der Waals surface area contributed by atoms with Gasteiger partial charge in [-0.2, -0.15) is 5.10 Å². The summed E-state index contributed by atoms with van der Waals surface area (Å²) < 4.78 is 0. The van der Waals surface area contributed by atoms with Gasteiger partial charge in [0.2, 0.25) is 11.8 Å². The zero-order chi connectivity index (χ0) is 18.0. The van der Waals surface area contributed by atoms with Gasteiger partial charge >= 0.3 is 0 Å². The van der Waals surface area contributed by atoms with E-state index in [9.17, 15) is 9.59 Å². The number of amides is 2. The quantitative estimate of drug-likeness (QED) is 0.896. The first-order chi connectivity index (χ1) is 12.0. The number of carbonyl (C=O) groups excluding carboxylic acids is 2. The summed E-state index contributed by atoms with van der Waals surface area (Å²) in [5.74, 6) is -0.249. The van der Waals surface area contributed by atoms with Crippen molar-refractivity contribution in [2.45, 2.75) is 46.0 Å². The number of rotatable bonds is 4. The van der Waals surface area contributed by atoms with E-state index in [1.54, 1.807) is 4.90 Å². The van der Waals surface area contributed by atoms with Crippen LogP contribution < -0.4 is 10.2 Å². The van der Waals surface area contributed by atoms with Crippen LogP contribution in [0.25, 0.3) is 0 Å². The maximum atomic E-state index is 12.6. The molecule has 0 saturated carbocycles. The fourth-order valence-corrected chi connectivity index (χ4v) is 3.41. The predicted molar refractivity (Wildman–Crippen MR) is 97.8 cm³/mol. The lowest BCUT2D eigenvalue weighted by Crippen LogP contribution is -2.35. The normalized spacial score (nSPS) is 16.0. The van der Waals surface area contributed by atoms with Crippen molar-refractivity contribution in [3.8, 4) is 0 Å². The molecule has 0 aliphatic carbocycles. The van der Waals surface area contributed by atoms with Crippen molar-refractivity contribution >= 4 is 23.2 Å². The van der Waals surface area contributed by atoms with Gasteiger partial charge in [-0.05, 0) is 51.8 Å². The highest BCUT2D eigenvalue weighted by Gasteiger charge is 2.23. The monoisotopic (exact) mass is 340 g/mol. The molecule has 2 amide bonds. The number of nitrogens with zero attached hydrogens (tertiary/aromatic N) is 2. The van der Waals surface area contributed by atoms with E-state index in [0.29, 0.717) is 12.1 Å². The van der Waals surface area contributed by atoms with Gasteiger partial charge in [0.05, 0.1) is 11.6 Å². The molecular formula is C19H24N4O2. The molecule has 1 unspecified atom stereocenters. The summed E-state index contributed by atoms with van der Waals surface area (Å²) in [6.07, 6.45) is 2.55. The molecule has 2 heterocycles. The van der Waals surface area contributed by atoms with Crippen LogP contribution in [0.15, 0.2) is 24.3 Å². The summed E-state index contributed by atoms with van der Waals surface area (Å²) in [7, 11) is 0. The molecule has 25 heavy (non-hydrogen) atoms. The van der Waals surface area contributed by atoms with Gasteiger partial charge in [0.1, 0.15) is 0 Å². The van der Waals surface area contributed by atoms with Gasteiger partial charge in [0, 0.05) is 35.6 Å². The molecule has 0 radical (unpaired) electrons. The van der Waals surface area contributed by atoms with Crippen LogP contribution in [0.5, 0.6) is 0 Å². The summed E-state index contributed by atoms with van der Waals surface area (Å²) in [6, 6.07) is 7.49. The standard InChI is InChI=1S/C19H24N4O2/c1-12(18-13(2)21-22-14(18)3)19(25)20-15-7-6-8-16(11-15)23-10-5-4-9-17(23)24/h6-8,11-12H,4-5,9-10H2,1-3H3,(H,20,25)(H,21,22). The van der Waals surface area contributed by atoms with Crippen molar-refractivity contribution < 1.29 is 9.59 Å². The van der Waals surface area contributed by atoms with Gasteiger partial charge in [-0.15, -0.1) is 0 Å². The first kappa shape index (κ1) is 17.2. The van der Waals surface area contributed by atoms with Crippen molar-refractivity contribution in [3.05, 3.63) is 41.2 Å². The Morgan fingerprint density at radius 3 is 2.80 bits per heavy atom. The van der Waals surface area contributed by atoms with Crippen molar-refractivity contribution in [1.82, 2.24) is 10.2 Å². The summed E-state index contributed by atoms with van der Waals surface area (Å²) >= 11 is 0. The fraction of sp³-hybridized carbons (Fsp3) is 0.421. The zero-order valence-corrected chi connectivity index (χ0v) is 14.9. The Bertz CT molecular complexity index is 777. The Balaban J connectivity index is 1.75. The Morgan fingerprint density at radius 2 is 2.12 bits per heavy atom. The lowest BCUT2D eigenvalue weighted by molar-refractivity contribution is -0.119. The Labute approximate surface area is 147 Å². The summed E-state index contributed by atoms with van der Waals surface area (Å²) in [4.78, 5) is 26.5. The molecule has 1 aliphatic heterocycles. The molecule has 1 aromatic carbocycles. The molecule has 6 nitrogen and oxygen atoms in total. The molecule has 0 bridgehead atoms. The highest BCUT2D eigenvalue weighted by atomic mass is 16.2. The van der Waals surface area contributed by atoms with E-state index < -0.39 is 0 Å². The lowest BCUT2D eigenvalue weighted by atomic mass is 9.98. The Hall–Kier alpha value is -2.63. The predicted octanol–water partition coefficient (Wildman–Crippen LogP) is 3.29. The zero-order valence-electron chi connectivity index (χ0n) is 14.9. The molecule has 1 saturated heterocycles. The number of aromatic nitrogens is 2. The molecule has 2 aromatic rings. The number of anilines is 2. The second-order valence-corrected chi connectivity index (χ2v) is 6.61. The third-order valence-electron chi connectivity index (χ3n) is 4.76. The lowest BCUT2D eigenvalue weighted by Gasteiger charge is -2.27. The third-order valence-corrected chi connectivity index (χ3v) is 4.76. The molecule has 2 N–H and O–H groups in total. The number of H-pyrrole nitrogens is 1. The Morgan fingerprint density at radius 1 is 1.32 bits per heavy atom. The number of piperidine rings is 1. The van der Waals surface area contributed by atoms with Gasteiger partial charge in [-0.3, -0.25) is 14.7 Å². The largest absolute Gasteiger partial charge is 0.325 e. The van der Waals surface area contributed by atoms with Crippen LogP contribution in [0.2, 0.25) is 0 Å². The molecule has 1 atom stereocenters. The smallest absolute Gasteiger partial charge is 0.231 e. The first-order valence-electron chi connectivity index (χ1n) is 8.70. The molecule has 1 aliphatic rings. The number of benzene rings is 1. The number of hydrogen-bond donors (Lipinski definition) is 2. The first-order valence-corrected chi connectivity index (χ1v) is 8.70. The van der Waals surface area contributed by atoms with Gasteiger partial charge in [0.25, 0.3) is 0 Å². The maximum absolute atomic E-state index is 12.6. The molecular weight excluding hydrogens is 316 g/mol. The van der Waals surface area contributed by atoms with E-state index in [2.05, 4.69) is 15.5 Å². The van der Waals surface area contributed by atoms with E-state index >= 15 is 0 Å². The maximum Gasteiger partial charge on any atom is 0.231 e. The number of hydrogen-bond acceptors (Lipinski definition) is 3. The van der Waals surface area contributed by atoms with Crippen LogP contribution in [0.4, 0.5) is 11.4 Å². The molecule has 6 heteroatoms. The Kier molecular flexibility index (Phi) is 4.88. The number of aryl methyl sites for hydroxylation is 2. The van der Waals surface area contributed by atoms with Crippen LogP contribution >= 0.6 is 0 Å². The van der Waals surface area contributed by atoms with Gasteiger partial charge < -0.3 is 10.2 Å². The van der Waals surface area contributed by atoms with Crippen LogP contribution in [-0.4, -0.2) is 28.6 Å².